The topological polar surface area (TPSA) is 62.1 Å². The first kappa shape index (κ1) is 16.2. The van der Waals surface area contributed by atoms with Crippen molar-refractivity contribution in [1.82, 2.24) is 15.0 Å². The van der Waals surface area contributed by atoms with Crippen molar-refractivity contribution in [1.29, 1.82) is 0 Å². The molecule has 1 unspecified atom stereocenters. The summed E-state index contributed by atoms with van der Waals surface area (Å²) in [6.07, 6.45) is 5.79. The van der Waals surface area contributed by atoms with Gasteiger partial charge in [-0.25, -0.2) is 9.97 Å². The maximum absolute atomic E-state index is 9.48. The summed E-state index contributed by atoms with van der Waals surface area (Å²) in [5.41, 5.74) is 2.75. The number of anilines is 1. The maximum Gasteiger partial charge on any atom is 0.225 e. The summed E-state index contributed by atoms with van der Waals surface area (Å²) >= 11 is 1.67. The van der Waals surface area contributed by atoms with Crippen LogP contribution in [0.2, 0.25) is 0 Å². The predicted molar refractivity (Wildman–Crippen MR) is 101 cm³/mol. The van der Waals surface area contributed by atoms with Crippen molar-refractivity contribution in [2.75, 3.05) is 24.6 Å². The van der Waals surface area contributed by atoms with E-state index in [0.717, 1.165) is 53.7 Å². The van der Waals surface area contributed by atoms with Gasteiger partial charge < -0.3 is 10.0 Å². The van der Waals surface area contributed by atoms with Gasteiger partial charge in [0.15, 0.2) is 0 Å². The SMILES string of the molecule is OCC1CCCN(c2ncc(-c3ccccn3)c(-c3cccs3)n2)C1. The fourth-order valence-electron chi connectivity index (χ4n) is 3.23. The van der Waals surface area contributed by atoms with Crippen molar-refractivity contribution < 1.29 is 5.11 Å². The molecule has 0 spiro atoms. The van der Waals surface area contributed by atoms with Crippen LogP contribution in [0.15, 0.2) is 48.1 Å². The Bertz CT molecular complexity index is 823. The lowest BCUT2D eigenvalue weighted by Crippen LogP contribution is -2.37. The third-order valence-corrected chi connectivity index (χ3v) is 5.41. The van der Waals surface area contributed by atoms with Gasteiger partial charge in [0.05, 0.1) is 16.3 Å². The quantitative estimate of drug-likeness (QED) is 0.779. The molecular weight excluding hydrogens is 332 g/mol. The van der Waals surface area contributed by atoms with Crippen molar-refractivity contribution in [2.24, 2.45) is 5.92 Å². The summed E-state index contributed by atoms with van der Waals surface area (Å²) in [5, 5.41) is 11.5. The molecule has 3 aromatic heterocycles. The van der Waals surface area contributed by atoms with Gasteiger partial charge in [0.2, 0.25) is 5.95 Å². The van der Waals surface area contributed by atoms with Crippen molar-refractivity contribution >= 4 is 17.3 Å². The maximum atomic E-state index is 9.48. The van der Waals surface area contributed by atoms with E-state index in [1.165, 1.54) is 0 Å². The molecule has 0 bridgehead atoms. The Balaban J connectivity index is 1.75. The molecule has 1 atom stereocenters. The second-order valence-electron chi connectivity index (χ2n) is 6.26. The molecule has 0 amide bonds. The second-order valence-corrected chi connectivity index (χ2v) is 7.21. The van der Waals surface area contributed by atoms with Crippen LogP contribution in [0, 0.1) is 5.92 Å². The molecule has 4 heterocycles. The van der Waals surface area contributed by atoms with Crippen molar-refractivity contribution in [2.45, 2.75) is 12.8 Å². The van der Waals surface area contributed by atoms with Crippen LogP contribution in [0.3, 0.4) is 0 Å². The normalized spacial score (nSPS) is 17.6. The third-order valence-electron chi connectivity index (χ3n) is 4.53. The van der Waals surface area contributed by atoms with Gasteiger partial charge in [-0.05, 0) is 42.3 Å². The van der Waals surface area contributed by atoms with Gasteiger partial charge >= 0.3 is 0 Å². The highest BCUT2D eigenvalue weighted by Gasteiger charge is 2.23. The number of rotatable bonds is 4. The fourth-order valence-corrected chi connectivity index (χ4v) is 3.96. The Morgan fingerprint density at radius 2 is 2.16 bits per heavy atom. The fraction of sp³-hybridized carbons (Fsp3) is 0.316. The highest BCUT2D eigenvalue weighted by Crippen LogP contribution is 2.33. The minimum absolute atomic E-state index is 0.223. The molecule has 0 aromatic carbocycles. The first-order valence-corrected chi connectivity index (χ1v) is 9.41. The van der Waals surface area contributed by atoms with E-state index in [4.69, 9.17) is 4.98 Å². The number of hydrogen-bond acceptors (Lipinski definition) is 6. The highest BCUT2D eigenvalue weighted by molar-refractivity contribution is 7.13. The highest BCUT2D eigenvalue weighted by atomic mass is 32.1. The number of pyridine rings is 1. The molecule has 128 valence electrons. The van der Waals surface area contributed by atoms with Crippen LogP contribution in [0.1, 0.15) is 12.8 Å². The molecule has 1 fully saturated rings. The van der Waals surface area contributed by atoms with Gasteiger partial charge in [0.1, 0.15) is 0 Å². The zero-order valence-corrected chi connectivity index (χ0v) is 14.7. The summed E-state index contributed by atoms with van der Waals surface area (Å²) in [5.74, 6) is 1.04. The van der Waals surface area contributed by atoms with Crippen LogP contribution in [-0.4, -0.2) is 39.8 Å². The average molecular weight is 352 g/mol. The molecule has 5 nitrogen and oxygen atoms in total. The molecule has 4 rings (SSSR count). The van der Waals surface area contributed by atoms with Crippen LogP contribution >= 0.6 is 11.3 Å². The van der Waals surface area contributed by atoms with Gasteiger partial charge in [0.25, 0.3) is 0 Å². The first-order valence-electron chi connectivity index (χ1n) is 8.53. The number of hydrogen-bond donors (Lipinski definition) is 1. The molecule has 0 aliphatic carbocycles. The van der Waals surface area contributed by atoms with E-state index in [0.29, 0.717) is 5.92 Å². The molecule has 1 aliphatic rings. The van der Waals surface area contributed by atoms with Crippen LogP contribution in [0.25, 0.3) is 21.8 Å². The molecule has 1 saturated heterocycles. The van der Waals surface area contributed by atoms with Gasteiger partial charge in [-0.15, -0.1) is 11.3 Å². The summed E-state index contributed by atoms with van der Waals surface area (Å²) in [6, 6.07) is 9.98. The zero-order valence-electron chi connectivity index (χ0n) is 13.9. The molecule has 0 saturated carbocycles. The standard InChI is InChI=1S/C19H20N4OS/c24-13-14-5-3-9-23(12-14)19-21-11-15(16-6-1-2-8-20-16)18(22-19)17-7-4-10-25-17/h1-2,4,6-8,10-11,14,24H,3,5,9,12-13H2. The molecule has 0 radical (unpaired) electrons. The summed E-state index contributed by atoms with van der Waals surface area (Å²) in [4.78, 5) is 17.3. The minimum Gasteiger partial charge on any atom is -0.396 e. The summed E-state index contributed by atoms with van der Waals surface area (Å²) in [7, 11) is 0. The van der Waals surface area contributed by atoms with Gasteiger partial charge in [-0.2, -0.15) is 0 Å². The van der Waals surface area contributed by atoms with Gasteiger partial charge in [-0.3, -0.25) is 4.98 Å². The number of thiophene rings is 1. The van der Waals surface area contributed by atoms with E-state index < -0.39 is 0 Å². The average Bonchev–Trinajstić information content (AvgIpc) is 3.23. The van der Waals surface area contributed by atoms with Gasteiger partial charge in [0, 0.05) is 37.7 Å². The Morgan fingerprint density at radius 1 is 1.20 bits per heavy atom. The number of piperidine rings is 1. The summed E-state index contributed by atoms with van der Waals surface area (Å²) < 4.78 is 0. The number of nitrogens with zero attached hydrogens (tertiary/aromatic N) is 4. The monoisotopic (exact) mass is 352 g/mol. The van der Waals surface area contributed by atoms with Crippen LogP contribution in [-0.2, 0) is 0 Å². The van der Waals surface area contributed by atoms with Crippen LogP contribution < -0.4 is 4.90 Å². The molecule has 6 heteroatoms. The zero-order chi connectivity index (χ0) is 17.1. The van der Waals surface area contributed by atoms with Crippen LogP contribution in [0.4, 0.5) is 5.95 Å². The molecule has 1 N–H and O–H groups in total. The lowest BCUT2D eigenvalue weighted by atomic mass is 9.99. The molecular formula is C19H20N4OS. The van der Waals surface area contributed by atoms with Crippen molar-refractivity contribution in [3.63, 3.8) is 0 Å². The molecule has 1 aliphatic heterocycles. The van der Waals surface area contributed by atoms with E-state index in [2.05, 4.69) is 26.3 Å². The van der Waals surface area contributed by atoms with Gasteiger partial charge in [-0.1, -0.05) is 12.1 Å². The molecule has 25 heavy (non-hydrogen) atoms. The van der Waals surface area contributed by atoms with Crippen LogP contribution in [0.5, 0.6) is 0 Å². The predicted octanol–water partition coefficient (Wildman–Crippen LogP) is 3.48. The number of aliphatic hydroxyl groups excluding tert-OH is 1. The Morgan fingerprint density at radius 3 is 2.92 bits per heavy atom. The first-order chi connectivity index (χ1) is 12.3. The minimum atomic E-state index is 0.223. The van der Waals surface area contributed by atoms with E-state index in [1.807, 2.05) is 30.5 Å². The number of aromatic nitrogens is 3. The third kappa shape index (κ3) is 3.41. The second kappa shape index (κ2) is 7.29. The van der Waals surface area contributed by atoms with Crippen molar-refractivity contribution in [3.8, 4) is 21.8 Å². The van der Waals surface area contributed by atoms with E-state index in [-0.39, 0.29) is 6.61 Å². The Hall–Kier alpha value is -2.31. The largest absolute Gasteiger partial charge is 0.396 e. The lowest BCUT2D eigenvalue weighted by Gasteiger charge is -2.32. The van der Waals surface area contributed by atoms with E-state index in [9.17, 15) is 5.11 Å². The Labute approximate surface area is 151 Å². The van der Waals surface area contributed by atoms with Crippen molar-refractivity contribution in [3.05, 3.63) is 48.1 Å². The lowest BCUT2D eigenvalue weighted by molar-refractivity contribution is 0.208. The van der Waals surface area contributed by atoms with E-state index >= 15 is 0 Å². The smallest absolute Gasteiger partial charge is 0.225 e. The summed E-state index contributed by atoms with van der Waals surface area (Å²) in [6.45, 7) is 1.97. The van der Waals surface area contributed by atoms with E-state index in [1.54, 1.807) is 17.5 Å². The number of aliphatic hydroxyl groups is 1. The Kier molecular flexibility index (Phi) is 4.72. The molecule has 3 aromatic rings.